The summed E-state index contributed by atoms with van der Waals surface area (Å²) in [6, 6.07) is 3.97. The maximum absolute atomic E-state index is 12.6. The molecule has 2 aromatic rings. The number of benzene rings is 1. The molecular weight excluding hydrogens is 360 g/mol. The number of amides is 2. The monoisotopic (exact) mass is 386 g/mol. The molecule has 1 aliphatic heterocycles. The molecule has 0 atom stereocenters. The van der Waals surface area contributed by atoms with Gasteiger partial charge in [0.1, 0.15) is 5.58 Å². The van der Waals surface area contributed by atoms with Crippen LogP contribution in [0.2, 0.25) is 0 Å². The van der Waals surface area contributed by atoms with Gasteiger partial charge in [0.2, 0.25) is 11.8 Å². The van der Waals surface area contributed by atoms with Gasteiger partial charge in [-0.3, -0.25) is 14.4 Å². The Morgan fingerprint density at radius 2 is 1.89 bits per heavy atom. The second kappa shape index (κ2) is 8.04. The first kappa shape index (κ1) is 19.9. The van der Waals surface area contributed by atoms with E-state index in [0.29, 0.717) is 25.9 Å². The number of carbonyl (C=O) groups is 3. The Morgan fingerprint density at radius 3 is 2.54 bits per heavy atom. The lowest BCUT2D eigenvalue weighted by Gasteiger charge is -2.31. The number of carbonyl (C=O) groups excluding carboxylic acids is 2. The third kappa shape index (κ3) is 4.03. The molecule has 28 heavy (non-hydrogen) atoms. The van der Waals surface area contributed by atoms with Crippen molar-refractivity contribution in [3.8, 4) is 0 Å². The molecule has 2 amide bonds. The van der Waals surface area contributed by atoms with E-state index in [0.717, 1.165) is 27.7 Å². The number of fused-ring (bicyclic) bond motifs is 1. The molecule has 1 N–H and O–H groups in total. The average molecular weight is 386 g/mol. The third-order valence-corrected chi connectivity index (χ3v) is 5.68. The van der Waals surface area contributed by atoms with Gasteiger partial charge in [-0.2, -0.15) is 0 Å². The van der Waals surface area contributed by atoms with Crippen LogP contribution in [0, 0.1) is 19.8 Å². The molecule has 2 heterocycles. The molecule has 1 saturated heterocycles. The smallest absolute Gasteiger partial charge is 0.306 e. The van der Waals surface area contributed by atoms with Crippen molar-refractivity contribution in [2.24, 2.45) is 5.92 Å². The Bertz CT molecular complexity index is 909. The summed E-state index contributed by atoms with van der Waals surface area (Å²) in [4.78, 5) is 39.1. The van der Waals surface area contributed by atoms with Crippen molar-refractivity contribution in [2.75, 3.05) is 26.7 Å². The molecule has 3 rings (SSSR count). The molecule has 7 nitrogen and oxygen atoms in total. The summed E-state index contributed by atoms with van der Waals surface area (Å²) >= 11 is 0. The fourth-order valence-corrected chi connectivity index (χ4v) is 3.59. The second-order valence-corrected chi connectivity index (χ2v) is 7.56. The molecular formula is C21H26N2O5. The number of hydrogen-bond donors (Lipinski definition) is 1. The third-order valence-electron chi connectivity index (χ3n) is 5.68. The first-order valence-electron chi connectivity index (χ1n) is 9.48. The molecule has 0 saturated carbocycles. The first-order chi connectivity index (χ1) is 13.3. The molecule has 1 fully saturated rings. The van der Waals surface area contributed by atoms with E-state index in [2.05, 4.69) is 0 Å². The van der Waals surface area contributed by atoms with Crippen molar-refractivity contribution < 1.29 is 23.9 Å². The predicted octanol–water partition coefficient (Wildman–Crippen LogP) is 2.37. The van der Waals surface area contributed by atoms with Crippen LogP contribution >= 0.6 is 0 Å². The SMILES string of the molecule is Cc1ccc2c(CC(=O)N(C)CC(=O)N3CCC(C(=O)O)CC3)coc2c1C. The van der Waals surface area contributed by atoms with Crippen molar-refractivity contribution in [3.63, 3.8) is 0 Å². The van der Waals surface area contributed by atoms with Gasteiger partial charge in [0, 0.05) is 31.1 Å². The van der Waals surface area contributed by atoms with Crippen LogP contribution in [0.3, 0.4) is 0 Å². The van der Waals surface area contributed by atoms with E-state index >= 15 is 0 Å². The van der Waals surface area contributed by atoms with Crippen LogP contribution in [0.15, 0.2) is 22.8 Å². The highest BCUT2D eigenvalue weighted by Crippen LogP contribution is 2.27. The number of aryl methyl sites for hydroxylation is 2. The van der Waals surface area contributed by atoms with Crippen molar-refractivity contribution in [2.45, 2.75) is 33.1 Å². The molecule has 0 unspecified atom stereocenters. The van der Waals surface area contributed by atoms with Gasteiger partial charge >= 0.3 is 5.97 Å². The van der Waals surface area contributed by atoms with Crippen LogP contribution < -0.4 is 0 Å². The number of carboxylic acids is 1. The van der Waals surface area contributed by atoms with Gasteiger partial charge in [0.15, 0.2) is 0 Å². The largest absolute Gasteiger partial charge is 0.481 e. The van der Waals surface area contributed by atoms with Crippen LogP contribution in [0.25, 0.3) is 11.0 Å². The summed E-state index contributed by atoms with van der Waals surface area (Å²) < 4.78 is 5.65. The highest BCUT2D eigenvalue weighted by Gasteiger charge is 2.28. The van der Waals surface area contributed by atoms with E-state index in [4.69, 9.17) is 9.52 Å². The Kier molecular flexibility index (Phi) is 5.72. The van der Waals surface area contributed by atoms with Gasteiger partial charge in [-0.25, -0.2) is 0 Å². The van der Waals surface area contributed by atoms with Crippen molar-refractivity contribution >= 4 is 28.8 Å². The first-order valence-corrected chi connectivity index (χ1v) is 9.48. The van der Waals surface area contributed by atoms with E-state index in [9.17, 15) is 14.4 Å². The van der Waals surface area contributed by atoms with Crippen LogP contribution in [0.4, 0.5) is 0 Å². The molecule has 0 bridgehead atoms. The van der Waals surface area contributed by atoms with Gasteiger partial charge in [0.05, 0.1) is 25.1 Å². The standard InChI is InChI=1S/C21H26N2O5/c1-13-4-5-17-16(12-28-20(17)14(13)2)10-18(24)22(3)11-19(25)23-8-6-15(7-9-23)21(26)27/h4-5,12,15H,6-11H2,1-3H3,(H,26,27). The summed E-state index contributed by atoms with van der Waals surface area (Å²) in [7, 11) is 1.61. The van der Waals surface area contributed by atoms with Gasteiger partial charge in [-0.15, -0.1) is 0 Å². The Labute approximate surface area is 163 Å². The highest BCUT2D eigenvalue weighted by molar-refractivity contribution is 5.91. The quantitative estimate of drug-likeness (QED) is 0.852. The van der Waals surface area contributed by atoms with Crippen LogP contribution in [0.5, 0.6) is 0 Å². The normalized spacial score (nSPS) is 15.0. The zero-order chi connectivity index (χ0) is 20.4. The van der Waals surface area contributed by atoms with E-state index in [1.54, 1.807) is 18.2 Å². The van der Waals surface area contributed by atoms with Crippen LogP contribution in [-0.2, 0) is 20.8 Å². The molecule has 1 aliphatic rings. The molecule has 7 heteroatoms. The highest BCUT2D eigenvalue weighted by atomic mass is 16.4. The number of furan rings is 1. The molecule has 150 valence electrons. The summed E-state index contributed by atoms with van der Waals surface area (Å²) in [5.74, 6) is -1.50. The van der Waals surface area contributed by atoms with E-state index in [-0.39, 0.29) is 30.7 Å². The van der Waals surface area contributed by atoms with Gasteiger partial charge in [-0.05, 0) is 37.8 Å². The second-order valence-electron chi connectivity index (χ2n) is 7.56. The maximum Gasteiger partial charge on any atom is 0.306 e. The van der Waals surface area contributed by atoms with Crippen LogP contribution in [0.1, 0.15) is 29.5 Å². The minimum Gasteiger partial charge on any atom is -0.481 e. The van der Waals surface area contributed by atoms with Crippen molar-refractivity contribution in [1.82, 2.24) is 9.80 Å². The number of likely N-dealkylation sites (N-methyl/N-ethyl adjacent to an activating group) is 1. The summed E-state index contributed by atoms with van der Waals surface area (Å²) in [6.45, 7) is 4.84. The Balaban J connectivity index is 1.59. The average Bonchev–Trinajstić information content (AvgIpc) is 3.08. The van der Waals surface area contributed by atoms with Gasteiger partial charge in [-0.1, -0.05) is 12.1 Å². The van der Waals surface area contributed by atoms with Gasteiger partial charge < -0.3 is 19.3 Å². The summed E-state index contributed by atoms with van der Waals surface area (Å²) in [6.07, 6.45) is 2.69. The number of nitrogens with zero attached hydrogens (tertiary/aromatic N) is 2. The lowest BCUT2D eigenvalue weighted by atomic mass is 9.97. The molecule has 0 aliphatic carbocycles. The lowest BCUT2D eigenvalue weighted by molar-refractivity contribution is -0.146. The summed E-state index contributed by atoms with van der Waals surface area (Å²) in [5.41, 5.74) is 3.80. The maximum atomic E-state index is 12.6. The minimum atomic E-state index is -0.808. The molecule has 1 aromatic heterocycles. The van der Waals surface area contributed by atoms with E-state index < -0.39 is 5.97 Å². The number of carboxylic acid groups (broad SMARTS) is 1. The zero-order valence-electron chi connectivity index (χ0n) is 16.5. The Hall–Kier alpha value is -2.83. The molecule has 0 radical (unpaired) electrons. The number of likely N-dealkylation sites (tertiary alicyclic amines) is 1. The Morgan fingerprint density at radius 1 is 1.21 bits per heavy atom. The predicted molar refractivity (Wildman–Crippen MR) is 104 cm³/mol. The van der Waals surface area contributed by atoms with Gasteiger partial charge in [0.25, 0.3) is 0 Å². The molecule has 0 spiro atoms. The lowest BCUT2D eigenvalue weighted by Crippen LogP contribution is -2.45. The van der Waals surface area contributed by atoms with E-state index in [1.807, 2.05) is 26.0 Å². The zero-order valence-corrected chi connectivity index (χ0v) is 16.5. The van der Waals surface area contributed by atoms with E-state index in [1.165, 1.54) is 4.90 Å². The van der Waals surface area contributed by atoms with Crippen LogP contribution in [-0.4, -0.2) is 59.4 Å². The molecule has 1 aromatic carbocycles. The fourth-order valence-electron chi connectivity index (χ4n) is 3.59. The number of aliphatic carboxylic acids is 1. The topological polar surface area (TPSA) is 91.1 Å². The number of hydrogen-bond acceptors (Lipinski definition) is 4. The summed E-state index contributed by atoms with van der Waals surface area (Å²) in [5, 5.41) is 9.97. The van der Waals surface area contributed by atoms with Crippen molar-refractivity contribution in [1.29, 1.82) is 0 Å². The number of piperidine rings is 1. The van der Waals surface area contributed by atoms with Crippen molar-refractivity contribution in [3.05, 3.63) is 35.1 Å². The fraction of sp³-hybridized carbons (Fsp3) is 0.476. The minimum absolute atomic E-state index is 0.00943. The number of rotatable bonds is 5.